The Balaban J connectivity index is 4.12. The summed E-state index contributed by atoms with van der Waals surface area (Å²) in [7, 11) is -4.29. The molecule has 8 nitrogen and oxygen atoms in total. The van der Waals surface area contributed by atoms with Crippen LogP contribution in [0.15, 0.2) is 36.6 Å². The lowest BCUT2D eigenvalue weighted by atomic mass is 10.1. The predicted octanol–water partition coefficient (Wildman–Crippen LogP) is 12.2. The molecular formula is C41H78NO7P. The minimum absolute atomic E-state index is 0.0281. The van der Waals surface area contributed by atoms with Crippen molar-refractivity contribution in [2.24, 2.45) is 5.73 Å². The fourth-order valence-electron chi connectivity index (χ4n) is 5.54. The Morgan fingerprint density at radius 1 is 0.600 bits per heavy atom. The number of hydrogen-bond acceptors (Lipinski definition) is 7. The van der Waals surface area contributed by atoms with Crippen molar-refractivity contribution in [3.05, 3.63) is 36.6 Å². The maximum absolute atomic E-state index is 12.5. The van der Waals surface area contributed by atoms with E-state index in [0.29, 0.717) is 6.42 Å². The lowest BCUT2D eigenvalue weighted by molar-refractivity contribution is -0.153. The molecule has 9 heteroatoms. The number of esters is 1. The van der Waals surface area contributed by atoms with Gasteiger partial charge in [-0.1, -0.05) is 134 Å². The summed E-state index contributed by atoms with van der Waals surface area (Å²) in [5, 5.41) is 0. The molecule has 0 rings (SSSR count). The molecule has 0 radical (unpaired) electrons. The standard InChI is InChI=1S/C41H78NO7P/c1-3-5-7-9-11-13-15-17-19-21-23-25-27-29-31-33-36-46-38-40(39-48-50(44,45)47-37-35-42)49-41(43)34-32-30-28-26-24-22-20-18-16-14-12-10-8-6-4-2/h13-16,33,36,40H,3-12,17-32,34-35,37-39,42H2,1-2H3,(H,44,45). The van der Waals surface area contributed by atoms with Gasteiger partial charge in [-0.25, -0.2) is 4.57 Å². The van der Waals surface area contributed by atoms with Crippen molar-refractivity contribution >= 4 is 13.8 Å². The molecule has 0 aromatic rings. The van der Waals surface area contributed by atoms with E-state index in [9.17, 15) is 14.3 Å². The molecule has 3 N–H and O–H groups in total. The molecule has 0 saturated heterocycles. The van der Waals surface area contributed by atoms with Crippen LogP contribution in [-0.2, 0) is 27.9 Å². The average molecular weight is 728 g/mol. The van der Waals surface area contributed by atoms with Crippen molar-refractivity contribution in [3.63, 3.8) is 0 Å². The molecule has 0 bridgehead atoms. The molecular weight excluding hydrogens is 649 g/mol. The summed E-state index contributed by atoms with van der Waals surface area (Å²) in [6.07, 6.45) is 43.9. The van der Waals surface area contributed by atoms with Gasteiger partial charge in [-0.2, -0.15) is 0 Å². The second-order valence-corrected chi connectivity index (χ2v) is 15.0. The number of phosphoric acid groups is 1. The van der Waals surface area contributed by atoms with E-state index in [0.717, 1.165) is 32.1 Å². The Morgan fingerprint density at radius 3 is 1.48 bits per heavy atom. The zero-order valence-corrected chi connectivity index (χ0v) is 33.3. The van der Waals surface area contributed by atoms with Crippen LogP contribution in [0.25, 0.3) is 0 Å². The summed E-state index contributed by atoms with van der Waals surface area (Å²) in [6, 6.07) is 0. The quantitative estimate of drug-likeness (QED) is 0.0211. The highest BCUT2D eigenvalue weighted by Crippen LogP contribution is 2.43. The molecule has 0 aliphatic rings. The fraction of sp³-hybridized carbons (Fsp3) is 0.829. The van der Waals surface area contributed by atoms with Gasteiger partial charge in [0.25, 0.3) is 0 Å². The number of rotatable bonds is 39. The van der Waals surface area contributed by atoms with E-state index < -0.39 is 13.9 Å². The summed E-state index contributed by atoms with van der Waals surface area (Å²) >= 11 is 0. The van der Waals surface area contributed by atoms with E-state index in [1.807, 2.05) is 6.08 Å². The Kier molecular flexibility index (Phi) is 37.7. The maximum atomic E-state index is 12.5. The molecule has 0 heterocycles. The van der Waals surface area contributed by atoms with Crippen LogP contribution in [0.1, 0.15) is 187 Å². The molecule has 2 unspecified atom stereocenters. The third-order valence-corrected chi connectivity index (χ3v) is 9.58. The highest BCUT2D eigenvalue weighted by molar-refractivity contribution is 7.47. The van der Waals surface area contributed by atoms with Gasteiger partial charge in [0.2, 0.25) is 0 Å². The number of phosphoric ester groups is 1. The number of carbonyl (C=O) groups excluding carboxylic acids is 1. The number of nitrogens with two attached hydrogens (primary N) is 1. The monoisotopic (exact) mass is 728 g/mol. The molecule has 0 fully saturated rings. The first kappa shape index (κ1) is 48.6. The first-order chi connectivity index (χ1) is 24.4. The summed E-state index contributed by atoms with van der Waals surface area (Å²) in [4.78, 5) is 22.4. The number of unbranched alkanes of at least 4 members (excludes halogenated alkanes) is 22. The van der Waals surface area contributed by atoms with Gasteiger partial charge in [0.05, 0.1) is 19.5 Å². The van der Waals surface area contributed by atoms with Crippen LogP contribution < -0.4 is 5.73 Å². The van der Waals surface area contributed by atoms with Crippen LogP contribution in [0.4, 0.5) is 0 Å². The van der Waals surface area contributed by atoms with Gasteiger partial charge in [0.15, 0.2) is 6.10 Å². The van der Waals surface area contributed by atoms with Crippen LogP contribution in [0.5, 0.6) is 0 Å². The zero-order chi connectivity index (χ0) is 36.6. The second kappa shape index (κ2) is 38.8. The lowest BCUT2D eigenvalue weighted by Gasteiger charge is -2.19. The molecule has 0 aromatic heterocycles. The molecule has 0 spiro atoms. The molecule has 2 atom stereocenters. The van der Waals surface area contributed by atoms with Crippen molar-refractivity contribution in [2.45, 2.75) is 193 Å². The molecule has 0 amide bonds. The average Bonchev–Trinajstić information content (AvgIpc) is 3.10. The van der Waals surface area contributed by atoms with Gasteiger partial charge >= 0.3 is 13.8 Å². The van der Waals surface area contributed by atoms with Crippen LogP contribution in [0.2, 0.25) is 0 Å². The summed E-state index contributed by atoms with van der Waals surface area (Å²) in [6.45, 7) is 4.21. The highest BCUT2D eigenvalue weighted by atomic mass is 31.2. The number of carbonyl (C=O) groups is 1. The van der Waals surface area contributed by atoms with Gasteiger partial charge in [-0.15, -0.1) is 0 Å². The Morgan fingerprint density at radius 2 is 1.02 bits per heavy atom. The summed E-state index contributed by atoms with van der Waals surface area (Å²) in [5.74, 6) is -0.359. The van der Waals surface area contributed by atoms with Crippen molar-refractivity contribution in [2.75, 3.05) is 26.4 Å². The largest absolute Gasteiger partial charge is 0.498 e. The Hall–Kier alpha value is -1.44. The van der Waals surface area contributed by atoms with Gasteiger partial charge in [-0.05, 0) is 76.7 Å². The first-order valence-electron chi connectivity index (χ1n) is 20.5. The fourth-order valence-corrected chi connectivity index (χ4v) is 6.30. The first-order valence-corrected chi connectivity index (χ1v) is 22.0. The third kappa shape index (κ3) is 37.8. The van der Waals surface area contributed by atoms with Crippen molar-refractivity contribution in [1.29, 1.82) is 0 Å². The molecule has 0 saturated carbocycles. The Labute approximate surface area is 308 Å². The maximum Gasteiger partial charge on any atom is 0.472 e. The predicted molar refractivity (Wildman–Crippen MR) is 210 cm³/mol. The minimum atomic E-state index is -4.29. The van der Waals surface area contributed by atoms with Crippen LogP contribution >= 0.6 is 7.82 Å². The van der Waals surface area contributed by atoms with Crippen LogP contribution in [0.3, 0.4) is 0 Å². The van der Waals surface area contributed by atoms with Gasteiger partial charge in [0.1, 0.15) is 6.61 Å². The number of allylic oxidation sites excluding steroid dienone is 5. The lowest BCUT2D eigenvalue weighted by Crippen LogP contribution is -2.27. The second-order valence-electron chi connectivity index (χ2n) is 13.6. The van der Waals surface area contributed by atoms with E-state index in [2.05, 4.69) is 38.2 Å². The van der Waals surface area contributed by atoms with Crippen LogP contribution in [-0.4, -0.2) is 43.3 Å². The van der Waals surface area contributed by atoms with Gasteiger partial charge < -0.3 is 20.1 Å². The smallest absolute Gasteiger partial charge is 0.472 e. The molecule has 0 aromatic carbocycles. The SMILES string of the molecule is CCCCCCC=CCCCCCCCCC=COCC(COP(=O)(O)OCCN)OC(=O)CCCCCCCCCC=CCCCCCC. The minimum Gasteiger partial charge on any atom is -0.498 e. The summed E-state index contributed by atoms with van der Waals surface area (Å²) in [5.41, 5.74) is 5.35. The van der Waals surface area contributed by atoms with E-state index in [1.165, 1.54) is 135 Å². The molecule has 50 heavy (non-hydrogen) atoms. The van der Waals surface area contributed by atoms with E-state index in [1.54, 1.807) is 6.26 Å². The van der Waals surface area contributed by atoms with Gasteiger partial charge in [0, 0.05) is 13.0 Å². The molecule has 294 valence electrons. The summed E-state index contributed by atoms with van der Waals surface area (Å²) < 4.78 is 33.1. The zero-order valence-electron chi connectivity index (χ0n) is 32.4. The molecule has 0 aliphatic carbocycles. The Bertz CT molecular complexity index is 864. The third-order valence-electron chi connectivity index (χ3n) is 8.59. The van der Waals surface area contributed by atoms with E-state index in [-0.39, 0.29) is 32.3 Å². The van der Waals surface area contributed by atoms with E-state index in [4.69, 9.17) is 24.3 Å². The van der Waals surface area contributed by atoms with E-state index >= 15 is 0 Å². The number of ether oxygens (including phenoxy) is 2. The van der Waals surface area contributed by atoms with Crippen molar-refractivity contribution in [1.82, 2.24) is 0 Å². The highest BCUT2D eigenvalue weighted by Gasteiger charge is 2.25. The van der Waals surface area contributed by atoms with Gasteiger partial charge in [-0.3, -0.25) is 13.8 Å². The number of hydrogen-bond donors (Lipinski definition) is 2. The topological polar surface area (TPSA) is 117 Å². The molecule has 0 aliphatic heterocycles. The van der Waals surface area contributed by atoms with Crippen molar-refractivity contribution in [3.8, 4) is 0 Å². The van der Waals surface area contributed by atoms with Crippen LogP contribution in [0, 0.1) is 0 Å². The normalized spacial score (nSPS) is 13.8. The van der Waals surface area contributed by atoms with Crippen molar-refractivity contribution < 1.29 is 32.8 Å².